The molecule has 1 aromatic rings. The Kier molecular flexibility index (Phi) is 4.01. The molecular formula is C12H13N3O6. The molecule has 0 aromatic heterocycles. The van der Waals surface area contributed by atoms with Crippen molar-refractivity contribution in [3.63, 3.8) is 0 Å². The van der Waals surface area contributed by atoms with Gasteiger partial charge < -0.3 is 9.64 Å². The van der Waals surface area contributed by atoms with Gasteiger partial charge in [-0.2, -0.15) is 0 Å². The number of non-ortho nitro benzene ring substituents is 1. The van der Waals surface area contributed by atoms with Crippen LogP contribution in [0.4, 0.5) is 17.1 Å². The van der Waals surface area contributed by atoms with Gasteiger partial charge in [-0.1, -0.05) is 0 Å². The molecule has 0 spiro atoms. The van der Waals surface area contributed by atoms with Crippen LogP contribution in [0.25, 0.3) is 0 Å². The Morgan fingerprint density at radius 1 is 1.19 bits per heavy atom. The summed E-state index contributed by atoms with van der Waals surface area (Å²) in [7, 11) is 1.13. The van der Waals surface area contributed by atoms with Crippen molar-refractivity contribution in [3.8, 4) is 0 Å². The number of rotatable bonds is 4. The first-order chi connectivity index (χ1) is 9.95. The molecule has 1 heterocycles. The SMILES string of the molecule is COC(=O)c1cc([N+](=O)[O-])cc([N+](=O)[O-])c1N1CCCC1. The molecule has 1 aromatic carbocycles. The van der Waals surface area contributed by atoms with Gasteiger partial charge in [-0.3, -0.25) is 20.2 Å². The zero-order valence-electron chi connectivity index (χ0n) is 11.3. The number of nitrogens with zero attached hydrogens (tertiary/aromatic N) is 3. The fourth-order valence-electron chi connectivity index (χ4n) is 2.39. The molecule has 9 nitrogen and oxygen atoms in total. The Bertz CT molecular complexity index is 609. The highest BCUT2D eigenvalue weighted by Gasteiger charge is 2.32. The number of esters is 1. The van der Waals surface area contributed by atoms with Gasteiger partial charge in [0.05, 0.1) is 28.6 Å². The maximum Gasteiger partial charge on any atom is 0.340 e. The molecule has 1 aliphatic heterocycles. The van der Waals surface area contributed by atoms with Crippen LogP contribution in [0.15, 0.2) is 12.1 Å². The van der Waals surface area contributed by atoms with Crippen molar-refractivity contribution in [2.24, 2.45) is 0 Å². The molecule has 0 N–H and O–H groups in total. The van der Waals surface area contributed by atoms with Crippen LogP contribution in [0.3, 0.4) is 0 Å². The molecule has 0 radical (unpaired) electrons. The summed E-state index contributed by atoms with van der Waals surface area (Å²) in [5.74, 6) is -0.830. The van der Waals surface area contributed by atoms with Crippen molar-refractivity contribution < 1.29 is 19.4 Å². The maximum atomic E-state index is 11.8. The molecule has 1 aliphatic rings. The van der Waals surface area contributed by atoms with Crippen LogP contribution in [0.5, 0.6) is 0 Å². The van der Waals surface area contributed by atoms with E-state index in [2.05, 4.69) is 4.74 Å². The number of hydrogen-bond donors (Lipinski definition) is 0. The van der Waals surface area contributed by atoms with Crippen molar-refractivity contribution in [2.45, 2.75) is 12.8 Å². The second-order valence-electron chi connectivity index (χ2n) is 4.56. The van der Waals surface area contributed by atoms with Gasteiger partial charge >= 0.3 is 5.97 Å². The lowest BCUT2D eigenvalue weighted by atomic mass is 10.1. The maximum absolute atomic E-state index is 11.8. The molecule has 0 saturated carbocycles. The van der Waals surface area contributed by atoms with Crippen LogP contribution in [-0.2, 0) is 4.74 Å². The molecule has 21 heavy (non-hydrogen) atoms. The van der Waals surface area contributed by atoms with E-state index < -0.39 is 27.2 Å². The van der Waals surface area contributed by atoms with E-state index in [1.807, 2.05) is 0 Å². The average Bonchev–Trinajstić information content (AvgIpc) is 2.98. The number of nitro benzene ring substituents is 2. The Balaban J connectivity index is 2.70. The van der Waals surface area contributed by atoms with Gasteiger partial charge in [0.2, 0.25) is 0 Å². The Labute approximate surface area is 119 Å². The molecule has 1 fully saturated rings. The second-order valence-corrected chi connectivity index (χ2v) is 4.56. The molecule has 2 rings (SSSR count). The summed E-state index contributed by atoms with van der Waals surface area (Å²) in [6.07, 6.45) is 1.68. The zero-order chi connectivity index (χ0) is 15.6. The van der Waals surface area contributed by atoms with Crippen LogP contribution in [0.2, 0.25) is 0 Å². The predicted molar refractivity (Wildman–Crippen MR) is 72.5 cm³/mol. The fraction of sp³-hybridized carbons (Fsp3) is 0.417. The van der Waals surface area contributed by atoms with Crippen LogP contribution in [-0.4, -0.2) is 36.0 Å². The second kappa shape index (κ2) is 5.73. The van der Waals surface area contributed by atoms with Crippen molar-refractivity contribution in [2.75, 3.05) is 25.1 Å². The lowest BCUT2D eigenvalue weighted by molar-refractivity contribution is -0.393. The van der Waals surface area contributed by atoms with Crippen molar-refractivity contribution in [1.29, 1.82) is 0 Å². The van der Waals surface area contributed by atoms with E-state index in [4.69, 9.17) is 0 Å². The van der Waals surface area contributed by atoms with Gasteiger partial charge in [0.15, 0.2) is 0 Å². The summed E-state index contributed by atoms with van der Waals surface area (Å²) in [5, 5.41) is 22.1. The third-order valence-corrected chi connectivity index (χ3v) is 3.31. The van der Waals surface area contributed by atoms with Crippen LogP contribution < -0.4 is 4.90 Å². The van der Waals surface area contributed by atoms with E-state index in [1.54, 1.807) is 4.90 Å². The number of nitro groups is 2. The number of carbonyl (C=O) groups is 1. The van der Waals surface area contributed by atoms with E-state index in [0.717, 1.165) is 32.1 Å². The van der Waals surface area contributed by atoms with Crippen molar-refractivity contribution in [1.82, 2.24) is 0 Å². The highest BCUT2D eigenvalue weighted by molar-refractivity contribution is 5.99. The molecule has 0 bridgehead atoms. The summed E-state index contributed by atoms with van der Waals surface area (Å²) in [4.78, 5) is 34.2. The van der Waals surface area contributed by atoms with Gasteiger partial charge in [0.1, 0.15) is 5.69 Å². The first-order valence-electron chi connectivity index (χ1n) is 6.25. The van der Waals surface area contributed by atoms with Crippen LogP contribution in [0, 0.1) is 20.2 Å². The van der Waals surface area contributed by atoms with Crippen LogP contribution >= 0.6 is 0 Å². The van der Waals surface area contributed by atoms with E-state index in [0.29, 0.717) is 13.1 Å². The molecule has 0 unspecified atom stereocenters. The molecule has 0 amide bonds. The van der Waals surface area contributed by atoms with E-state index in [1.165, 1.54) is 0 Å². The fourth-order valence-corrected chi connectivity index (χ4v) is 2.39. The highest BCUT2D eigenvalue weighted by Crippen LogP contribution is 2.38. The first kappa shape index (κ1) is 14.7. The number of methoxy groups -OCH3 is 1. The lowest BCUT2D eigenvalue weighted by Gasteiger charge is -2.20. The standard InChI is InChI=1S/C12H13N3O6/c1-21-12(16)9-6-8(14(17)18)7-10(15(19)20)11(9)13-4-2-3-5-13/h6-7H,2-5H2,1H3. The van der Waals surface area contributed by atoms with Gasteiger partial charge in [-0.05, 0) is 12.8 Å². The highest BCUT2D eigenvalue weighted by atomic mass is 16.6. The van der Waals surface area contributed by atoms with Crippen LogP contribution in [0.1, 0.15) is 23.2 Å². The Morgan fingerprint density at radius 3 is 2.29 bits per heavy atom. The topological polar surface area (TPSA) is 116 Å². The van der Waals surface area contributed by atoms with Gasteiger partial charge in [-0.15, -0.1) is 0 Å². The van der Waals surface area contributed by atoms with Gasteiger partial charge in [0, 0.05) is 19.2 Å². The molecular weight excluding hydrogens is 282 g/mol. The molecule has 9 heteroatoms. The number of hydrogen-bond acceptors (Lipinski definition) is 7. The Hall–Kier alpha value is -2.71. The molecule has 1 saturated heterocycles. The summed E-state index contributed by atoms with van der Waals surface area (Å²) >= 11 is 0. The number of ether oxygens (including phenoxy) is 1. The summed E-state index contributed by atoms with van der Waals surface area (Å²) in [6, 6.07) is 1.90. The molecule has 0 atom stereocenters. The van der Waals surface area contributed by atoms with Crippen molar-refractivity contribution >= 4 is 23.0 Å². The lowest BCUT2D eigenvalue weighted by Crippen LogP contribution is -2.22. The van der Waals surface area contributed by atoms with Gasteiger partial charge in [0.25, 0.3) is 11.4 Å². The smallest absolute Gasteiger partial charge is 0.340 e. The van der Waals surface area contributed by atoms with E-state index >= 15 is 0 Å². The third kappa shape index (κ3) is 2.76. The van der Waals surface area contributed by atoms with E-state index in [9.17, 15) is 25.0 Å². The summed E-state index contributed by atoms with van der Waals surface area (Å²) in [6.45, 7) is 1.12. The normalized spacial score (nSPS) is 14.0. The third-order valence-electron chi connectivity index (χ3n) is 3.31. The number of carbonyl (C=O) groups excluding carboxylic acids is 1. The minimum absolute atomic E-state index is 0.0925. The summed E-state index contributed by atoms with van der Waals surface area (Å²) < 4.78 is 4.60. The minimum Gasteiger partial charge on any atom is -0.465 e. The average molecular weight is 295 g/mol. The van der Waals surface area contributed by atoms with Gasteiger partial charge in [-0.25, -0.2) is 4.79 Å². The minimum atomic E-state index is -0.830. The van der Waals surface area contributed by atoms with Crippen molar-refractivity contribution in [3.05, 3.63) is 37.9 Å². The molecule has 112 valence electrons. The largest absolute Gasteiger partial charge is 0.465 e. The number of benzene rings is 1. The zero-order valence-corrected chi connectivity index (χ0v) is 11.3. The summed E-state index contributed by atoms with van der Waals surface area (Å²) in [5.41, 5.74) is -1.02. The predicted octanol–water partition coefficient (Wildman–Crippen LogP) is 1.89. The molecule has 0 aliphatic carbocycles. The Morgan fingerprint density at radius 2 is 1.81 bits per heavy atom. The quantitative estimate of drug-likeness (QED) is 0.473. The first-order valence-corrected chi connectivity index (χ1v) is 6.25. The number of anilines is 1. The van der Waals surface area contributed by atoms with E-state index in [-0.39, 0.29) is 11.3 Å². The monoisotopic (exact) mass is 295 g/mol.